The van der Waals surface area contributed by atoms with Crippen LogP contribution < -0.4 is 16.0 Å². The second kappa shape index (κ2) is 6.48. The van der Waals surface area contributed by atoms with Crippen LogP contribution in [0.2, 0.25) is 0 Å². The van der Waals surface area contributed by atoms with Crippen molar-refractivity contribution in [2.75, 3.05) is 16.8 Å². The third kappa shape index (κ3) is 3.30. The first-order chi connectivity index (χ1) is 10.6. The molecule has 0 bridgehead atoms. The van der Waals surface area contributed by atoms with Gasteiger partial charge in [0.25, 0.3) is 0 Å². The molecule has 3 rings (SSSR count). The molecule has 1 aromatic rings. The summed E-state index contributed by atoms with van der Waals surface area (Å²) in [5.74, 6) is 0.197. The summed E-state index contributed by atoms with van der Waals surface area (Å²) in [6.07, 6.45) is 5.20. The molecule has 0 aromatic heterocycles. The van der Waals surface area contributed by atoms with E-state index in [2.05, 4.69) is 5.32 Å². The molecule has 2 amide bonds. The molecular formula is C17H23N3O2. The smallest absolute Gasteiger partial charge is 0.227 e. The number of nitrogens with zero attached hydrogens (tertiary/aromatic N) is 1. The lowest BCUT2D eigenvalue weighted by Gasteiger charge is -2.25. The summed E-state index contributed by atoms with van der Waals surface area (Å²) in [6, 6.07) is 7.67. The van der Waals surface area contributed by atoms with Gasteiger partial charge >= 0.3 is 0 Å². The quantitative estimate of drug-likeness (QED) is 0.899. The monoisotopic (exact) mass is 301 g/mol. The fraction of sp³-hybridized carbons (Fsp3) is 0.529. The number of benzene rings is 1. The van der Waals surface area contributed by atoms with Crippen LogP contribution in [0.5, 0.6) is 0 Å². The highest BCUT2D eigenvalue weighted by Gasteiger charge is 2.26. The normalized spacial score (nSPS) is 25.3. The number of carbonyl (C=O) groups excluding carboxylic acids is 2. The van der Waals surface area contributed by atoms with E-state index >= 15 is 0 Å². The Bertz CT molecular complexity index is 573. The summed E-state index contributed by atoms with van der Waals surface area (Å²) in [5, 5.41) is 2.98. The summed E-state index contributed by atoms with van der Waals surface area (Å²) >= 11 is 0. The lowest BCUT2D eigenvalue weighted by Crippen LogP contribution is -2.34. The van der Waals surface area contributed by atoms with Gasteiger partial charge in [-0.25, -0.2) is 0 Å². The van der Waals surface area contributed by atoms with Crippen molar-refractivity contribution in [3.05, 3.63) is 24.3 Å². The van der Waals surface area contributed by atoms with E-state index in [0.29, 0.717) is 6.42 Å². The maximum absolute atomic E-state index is 12.4. The maximum Gasteiger partial charge on any atom is 0.227 e. The standard InChI is InChI=1S/C17H23N3O2/c18-13-5-1-4-12(10-13)17(22)19-14-6-2-7-15(11-14)20-9-3-8-16(20)21/h2,6-7,11-13H,1,3-5,8-10,18H2,(H,19,22). The van der Waals surface area contributed by atoms with E-state index < -0.39 is 0 Å². The average Bonchev–Trinajstić information content (AvgIpc) is 2.94. The Morgan fingerprint density at radius 2 is 2.14 bits per heavy atom. The van der Waals surface area contributed by atoms with Gasteiger partial charge in [-0.15, -0.1) is 0 Å². The Morgan fingerprint density at radius 1 is 1.27 bits per heavy atom. The van der Waals surface area contributed by atoms with Crippen LogP contribution >= 0.6 is 0 Å². The van der Waals surface area contributed by atoms with Crippen LogP contribution in [0, 0.1) is 5.92 Å². The van der Waals surface area contributed by atoms with Gasteiger partial charge in [-0.2, -0.15) is 0 Å². The molecule has 1 aromatic carbocycles. The molecule has 22 heavy (non-hydrogen) atoms. The van der Waals surface area contributed by atoms with Crippen molar-refractivity contribution in [2.24, 2.45) is 11.7 Å². The van der Waals surface area contributed by atoms with E-state index in [4.69, 9.17) is 5.73 Å². The molecular weight excluding hydrogens is 278 g/mol. The highest BCUT2D eigenvalue weighted by molar-refractivity contribution is 5.97. The Labute approximate surface area is 130 Å². The van der Waals surface area contributed by atoms with Gasteiger partial charge in [-0.1, -0.05) is 12.5 Å². The molecule has 3 N–H and O–H groups in total. The lowest BCUT2D eigenvalue weighted by atomic mass is 9.85. The number of anilines is 2. The number of hydrogen-bond donors (Lipinski definition) is 2. The number of carbonyl (C=O) groups is 2. The zero-order chi connectivity index (χ0) is 15.5. The van der Waals surface area contributed by atoms with Gasteiger partial charge < -0.3 is 16.0 Å². The lowest BCUT2D eigenvalue weighted by molar-refractivity contribution is -0.121. The summed E-state index contributed by atoms with van der Waals surface area (Å²) in [6.45, 7) is 0.758. The molecule has 2 fully saturated rings. The van der Waals surface area contributed by atoms with Crippen molar-refractivity contribution >= 4 is 23.2 Å². The van der Waals surface area contributed by atoms with E-state index in [-0.39, 0.29) is 23.8 Å². The van der Waals surface area contributed by atoms with Crippen molar-refractivity contribution in [1.29, 1.82) is 0 Å². The van der Waals surface area contributed by atoms with Gasteiger partial charge in [0.2, 0.25) is 11.8 Å². The first-order valence-corrected chi connectivity index (χ1v) is 8.10. The summed E-state index contributed by atoms with van der Waals surface area (Å²) < 4.78 is 0. The summed E-state index contributed by atoms with van der Waals surface area (Å²) in [4.78, 5) is 26.0. The van der Waals surface area contributed by atoms with E-state index in [1.807, 2.05) is 24.3 Å². The highest BCUT2D eigenvalue weighted by Crippen LogP contribution is 2.27. The van der Waals surface area contributed by atoms with Crippen LogP contribution in [0.25, 0.3) is 0 Å². The van der Waals surface area contributed by atoms with E-state index in [0.717, 1.165) is 50.0 Å². The van der Waals surface area contributed by atoms with Crippen molar-refractivity contribution in [2.45, 2.75) is 44.6 Å². The molecule has 1 saturated heterocycles. The van der Waals surface area contributed by atoms with Gasteiger partial charge in [0.1, 0.15) is 0 Å². The van der Waals surface area contributed by atoms with Crippen LogP contribution in [0.4, 0.5) is 11.4 Å². The maximum atomic E-state index is 12.4. The Balaban J connectivity index is 1.67. The van der Waals surface area contributed by atoms with Crippen LogP contribution in [-0.2, 0) is 9.59 Å². The van der Waals surface area contributed by atoms with E-state index in [9.17, 15) is 9.59 Å². The molecule has 0 radical (unpaired) electrons. The molecule has 1 saturated carbocycles. The zero-order valence-electron chi connectivity index (χ0n) is 12.8. The minimum absolute atomic E-state index is 0.000764. The van der Waals surface area contributed by atoms with Gasteiger partial charge in [0.15, 0.2) is 0 Å². The largest absolute Gasteiger partial charge is 0.328 e. The fourth-order valence-electron chi connectivity index (χ4n) is 3.38. The van der Waals surface area contributed by atoms with Crippen molar-refractivity contribution in [3.8, 4) is 0 Å². The van der Waals surface area contributed by atoms with Crippen LogP contribution in [0.3, 0.4) is 0 Å². The van der Waals surface area contributed by atoms with Gasteiger partial charge in [0.05, 0.1) is 0 Å². The summed E-state index contributed by atoms with van der Waals surface area (Å²) in [5.41, 5.74) is 7.57. The van der Waals surface area contributed by atoms with Crippen molar-refractivity contribution in [3.63, 3.8) is 0 Å². The highest BCUT2D eigenvalue weighted by atomic mass is 16.2. The molecule has 1 aliphatic carbocycles. The third-order valence-corrected chi connectivity index (χ3v) is 4.58. The second-order valence-corrected chi connectivity index (χ2v) is 6.31. The molecule has 1 aliphatic heterocycles. The molecule has 2 unspecified atom stereocenters. The average molecular weight is 301 g/mol. The Hall–Kier alpha value is -1.88. The Morgan fingerprint density at radius 3 is 2.86 bits per heavy atom. The van der Waals surface area contributed by atoms with E-state index in [1.165, 1.54) is 0 Å². The molecule has 1 heterocycles. The Kier molecular flexibility index (Phi) is 4.43. The predicted molar refractivity (Wildman–Crippen MR) is 86.6 cm³/mol. The number of hydrogen-bond acceptors (Lipinski definition) is 3. The van der Waals surface area contributed by atoms with Crippen LogP contribution in [-0.4, -0.2) is 24.4 Å². The molecule has 2 atom stereocenters. The van der Waals surface area contributed by atoms with Crippen LogP contribution in [0.15, 0.2) is 24.3 Å². The summed E-state index contributed by atoms with van der Waals surface area (Å²) in [7, 11) is 0. The first-order valence-electron chi connectivity index (χ1n) is 8.10. The molecule has 0 spiro atoms. The van der Waals surface area contributed by atoms with Gasteiger partial charge in [0, 0.05) is 36.3 Å². The predicted octanol–water partition coefficient (Wildman–Crippen LogP) is 2.27. The molecule has 5 heteroatoms. The SMILES string of the molecule is NC1CCCC(C(=O)Nc2cccc(N3CCCC3=O)c2)C1. The third-order valence-electron chi connectivity index (χ3n) is 4.58. The number of rotatable bonds is 3. The number of nitrogens with one attached hydrogen (secondary N) is 1. The minimum Gasteiger partial charge on any atom is -0.328 e. The van der Waals surface area contributed by atoms with Crippen molar-refractivity contribution < 1.29 is 9.59 Å². The fourth-order valence-corrected chi connectivity index (χ4v) is 3.38. The first kappa shape index (κ1) is 15.0. The van der Waals surface area contributed by atoms with Gasteiger partial charge in [-0.3, -0.25) is 9.59 Å². The number of nitrogens with two attached hydrogens (primary N) is 1. The minimum atomic E-state index is 0.000764. The topological polar surface area (TPSA) is 75.4 Å². The second-order valence-electron chi connectivity index (χ2n) is 6.31. The van der Waals surface area contributed by atoms with Crippen molar-refractivity contribution in [1.82, 2.24) is 0 Å². The van der Waals surface area contributed by atoms with E-state index in [1.54, 1.807) is 4.90 Å². The van der Waals surface area contributed by atoms with Gasteiger partial charge in [-0.05, 0) is 43.9 Å². The molecule has 2 aliphatic rings. The number of amides is 2. The molecule has 5 nitrogen and oxygen atoms in total. The van der Waals surface area contributed by atoms with Crippen LogP contribution in [0.1, 0.15) is 38.5 Å². The zero-order valence-corrected chi connectivity index (χ0v) is 12.8. The molecule has 118 valence electrons.